The molecule has 2 fully saturated rings. The van der Waals surface area contributed by atoms with Gasteiger partial charge in [-0.05, 0) is 31.4 Å². The quantitative estimate of drug-likeness (QED) is 0.841. The van der Waals surface area contributed by atoms with Gasteiger partial charge in [-0.15, -0.1) is 0 Å². The summed E-state index contributed by atoms with van der Waals surface area (Å²) in [6.07, 6.45) is 2.85. The predicted molar refractivity (Wildman–Crippen MR) is 107 cm³/mol. The summed E-state index contributed by atoms with van der Waals surface area (Å²) in [7, 11) is 0. The maximum Gasteiger partial charge on any atom is 0.237 e. The minimum Gasteiger partial charge on any atom is -0.377 e. The first-order valence-corrected chi connectivity index (χ1v) is 10.0. The number of benzene rings is 1. The van der Waals surface area contributed by atoms with Gasteiger partial charge in [0.05, 0.1) is 6.10 Å². The molecule has 2 aliphatic heterocycles. The van der Waals surface area contributed by atoms with Gasteiger partial charge < -0.3 is 15.0 Å². The fraction of sp³-hybridized carbons (Fsp3) is 0.571. The van der Waals surface area contributed by atoms with Crippen LogP contribution in [0, 0.1) is 6.92 Å². The van der Waals surface area contributed by atoms with Crippen molar-refractivity contribution < 1.29 is 9.53 Å². The fourth-order valence-corrected chi connectivity index (χ4v) is 4.49. The number of carbonyl (C=O) groups is 1. The summed E-state index contributed by atoms with van der Waals surface area (Å²) in [6, 6.07) is 8.32. The minimum atomic E-state index is -0.298. The smallest absolute Gasteiger partial charge is 0.237 e. The molecule has 0 unspecified atom stereocenters. The first kappa shape index (κ1) is 18.5. The lowest BCUT2D eigenvalue weighted by Gasteiger charge is -2.35. The Hall–Kier alpha value is -1.89. The van der Waals surface area contributed by atoms with E-state index in [9.17, 15) is 4.79 Å². The number of nitrogens with zero attached hydrogens (tertiary/aromatic N) is 3. The molecule has 146 valence electrons. The molecule has 0 spiro atoms. The Labute approximate surface area is 160 Å². The van der Waals surface area contributed by atoms with Crippen molar-refractivity contribution in [2.45, 2.75) is 39.0 Å². The number of hydrogen-bond acceptors (Lipinski definition) is 4. The number of ether oxygens (including phenoxy) is 1. The van der Waals surface area contributed by atoms with Gasteiger partial charge in [0.15, 0.2) is 0 Å². The molecule has 2 aromatic rings. The molecule has 1 aromatic heterocycles. The van der Waals surface area contributed by atoms with E-state index in [2.05, 4.69) is 39.5 Å². The van der Waals surface area contributed by atoms with E-state index in [0.29, 0.717) is 6.10 Å². The molecule has 1 aromatic carbocycles. The molecule has 4 rings (SSSR count). The van der Waals surface area contributed by atoms with Gasteiger partial charge in [-0.3, -0.25) is 14.6 Å². The van der Waals surface area contributed by atoms with Crippen molar-refractivity contribution in [3.63, 3.8) is 0 Å². The summed E-state index contributed by atoms with van der Waals surface area (Å²) in [6.45, 7) is 9.60. The average molecular weight is 370 g/mol. The van der Waals surface area contributed by atoms with Crippen LogP contribution in [0.1, 0.15) is 24.1 Å². The van der Waals surface area contributed by atoms with Gasteiger partial charge >= 0.3 is 0 Å². The number of rotatable bonds is 6. The van der Waals surface area contributed by atoms with Crippen LogP contribution in [0.5, 0.6) is 0 Å². The number of fused-ring (bicyclic) bond motifs is 1. The number of hydrogen-bond donors (Lipinski definition) is 1. The minimum absolute atomic E-state index is 0.238. The highest BCUT2D eigenvalue weighted by atomic mass is 16.5. The molecule has 0 bridgehead atoms. The van der Waals surface area contributed by atoms with Crippen LogP contribution in [0.4, 0.5) is 0 Å². The maximum absolute atomic E-state index is 11.5. The number of nitrogens with two attached hydrogens (primary N) is 1. The fourth-order valence-electron chi connectivity index (χ4n) is 4.49. The molecule has 6 nitrogen and oxygen atoms in total. The third kappa shape index (κ3) is 4.03. The molecule has 3 heterocycles. The van der Waals surface area contributed by atoms with Crippen LogP contribution in [-0.4, -0.2) is 65.7 Å². The highest BCUT2D eigenvalue weighted by Crippen LogP contribution is 2.27. The summed E-state index contributed by atoms with van der Waals surface area (Å²) in [5, 5.41) is 1.23. The largest absolute Gasteiger partial charge is 0.377 e. The van der Waals surface area contributed by atoms with E-state index < -0.39 is 0 Å². The van der Waals surface area contributed by atoms with Crippen molar-refractivity contribution in [1.29, 1.82) is 0 Å². The molecule has 2 aliphatic rings. The van der Waals surface area contributed by atoms with E-state index >= 15 is 0 Å². The SMILES string of the molecule is Cc1c(CN2CCN(C[C@@H]3CCCO3)CC2)c2ccccc2n1CC(N)=O. The third-order valence-corrected chi connectivity index (χ3v) is 6.01. The van der Waals surface area contributed by atoms with Crippen LogP contribution < -0.4 is 5.73 Å². The van der Waals surface area contributed by atoms with Gasteiger partial charge in [0, 0.05) is 62.5 Å². The first-order valence-electron chi connectivity index (χ1n) is 10.0. The van der Waals surface area contributed by atoms with E-state index in [1.807, 2.05) is 6.07 Å². The molecule has 6 heteroatoms. The second-order valence-corrected chi connectivity index (χ2v) is 7.85. The van der Waals surface area contributed by atoms with Crippen LogP contribution in [-0.2, 0) is 22.6 Å². The van der Waals surface area contributed by atoms with Crippen LogP contribution in [0.25, 0.3) is 10.9 Å². The predicted octanol–water partition coefficient (Wildman–Crippen LogP) is 1.73. The van der Waals surface area contributed by atoms with E-state index in [-0.39, 0.29) is 12.5 Å². The number of carbonyl (C=O) groups excluding carboxylic acids is 1. The number of primary amides is 1. The van der Waals surface area contributed by atoms with Gasteiger partial charge in [0.1, 0.15) is 6.54 Å². The molecule has 1 atom stereocenters. The second kappa shape index (κ2) is 8.00. The number of amides is 1. The monoisotopic (exact) mass is 370 g/mol. The van der Waals surface area contributed by atoms with Crippen molar-refractivity contribution in [2.75, 3.05) is 39.3 Å². The van der Waals surface area contributed by atoms with Crippen molar-refractivity contribution in [1.82, 2.24) is 14.4 Å². The van der Waals surface area contributed by atoms with Gasteiger partial charge in [0.25, 0.3) is 0 Å². The van der Waals surface area contributed by atoms with Crippen molar-refractivity contribution >= 4 is 16.8 Å². The maximum atomic E-state index is 11.5. The molecule has 27 heavy (non-hydrogen) atoms. The van der Waals surface area contributed by atoms with E-state index in [1.54, 1.807) is 0 Å². The zero-order valence-corrected chi connectivity index (χ0v) is 16.2. The Balaban J connectivity index is 1.44. The molecular formula is C21H30N4O2. The van der Waals surface area contributed by atoms with E-state index in [1.165, 1.54) is 23.8 Å². The van der Waals surface area contributed by atoms with Gasteiger partial charge in [-0.1, -0.05) is 18.2 Å². The zero-order chi connectivity index (χ0) is 18.8. The Bertz CT molecular complexity index is 802. The third-order valence-electron chi connectivity index (χ3n) is 6.01. The molecule has 0 saturated carbocycles. The summed E-state index contributed by atoms with van der Waals surface area (Å²) >= 11 is 0. The molecular weight excluding hydrogens is 340 g/mol. The van der Waals surface area contributed by atoms with E-state index in [0.717, 1.165) is 57.1 Å². The van der Waals surface area contributed by atoms with Crippen molar-refractivity contribution in [3.8, 4) is 0 Å². The highest BCUT2D eigenvalue weighted by Gasteiger charge is 2.24. The lowest BCUT2D eigenvalue weighted by molar-refractivity contribution is -0.118. The van der Waals surface area contributed by atoms with Crippen LogP contribution in [0.15, 0.2) is 24.3 Å². The van der Waals surface area contributed by atoms with E-state index in [4.69, 9.17) is 10.5 Å². The molecule has 2 saturated heterocycles. The van der Waals surface area contributed by atoms with Crippen LogP contribution >= 0.6 is 0 Å². The van der Waals surface area contributed by atoms with Crippen molar-refractivity contribution in [2.24, 2.45) is 5.73 Å². The Morgan fingerprint density at radius 3 is 2.63 bits per heavy atom. The summed E-state index contributed by atoms with van der Waals surface area (Å²) in [5.41, 5.74) is 9.04. The molecule has 0 radical (unpaired) electrons. The van der Waals surface area contributed by atoms with Gasteiger partial charge in [-0.25, -0.2) is 0 Å². The normalized spacial score (nSPS) is 21.9. The van der Waals surface area contributed by atoms with Gasteiger partial charge in [-0.2, -0.15) is 0 Å². The Kier molecular flexibility index (Phi) is 5.48. The first-order chi connectivity index (χ1) is 13.1. The Morgan fingerprint density at radius 2 is 1.93 bits per heavy atom. The highest BCUT2D eigenvalue weighted by molar-refractivity contribution is 5.87. The molecule has 1 amide bonds. The van der Waals surface area contributed by atoms with Crippen LogP contribution in [0.2, 0.25) is 0 Å². The summed E-state index contributed by atoms with van der Waals surface area (Å²) in [4.78, 5) is 16.6. The zero-order valence-electron chi connectivity index (χ0n) is 16.2. The van der Waals surface area contributed by atoms with Crippen molar-refractivity contribution in [3.05, 3.63) is 35.5 Å². The number of piperazine rings is 1. The second-order valence-electron chi connectivity index (χ2n) is 7.85. The lowest BCUT2D eigenvalue weighted by Crippen LogP contribution is -2.48. The topological polar surface area (TPSA) is 63.7 Å². The number of aromatic nitrogens is 1. The van der Waals surface area contributed by atoms with Gasteiger partial charge in [0.2, 0.25) is 5.91 Å². The Morgan fingerprint density at radius 1 is 1.19 bits per heavy atom. The lowest BCUT2D eigenvalue weighted by atomic mass is 10.1. The number of para-hydroxylation sites is 1. The summed E-state index contributed by atoms with van der Waals surface area (Å²) < 4.78 is 7.84. The standard InChI is InChI=1S/C21H30N4O2/c1-16-19(18-6-2-3-7-20(18)25(16)15-21(22)26)14-24-10-8-23(9-11-24)13-17-5-4-12-27-17/h2-3,6-7,17H,4-5,8-15H2,1H3,(H2,22,26)/t17-/m0/s1. The summed E-state index contributed by atoms with van der Waals surface area (Å²) in [5.74, 6) is -0.298. The van der Waals surface area contributed by atoms with Crippen LogP contribution in [0.3, 0.4) is 0 Å². The molecule has 2 N–H and O–H groups in total. The average Bonchev–Trinajstić information content (AvgIpc) is 3.26. The molecule has 0 aliphatic carbocycles.